The molecule has 1 amide bonds. The van der Waals surface area contributed by atoms with Crippen LogP contribution in [0.4, 0.5) is 17.1 Å². The van der Waals surface area contributed by atoms with E-state index < -0.39 is 4.92 Å². The molecule has 7 nitrogen and oxygen atoms in total. The second-order valence-corrected chi connectivity index (χ2v) is 5.20. The molecule has 0 saturated carbocycles. The van der Waals surface area contributed by atoms with Crippen LogP contribution in [0.5, 0.6) is 0 Å². The van der Waals surface area contributed by atoms with E-state index in [2.05, 4.69) is 5.32 Å². The van der Waals surface area contributed by atoms with Gasteiger partial charge in [-0.05, 0) is 6.07 Å². The molecule has 0 atom stereocenters. The van der Waals surface area contributed by atoms with Crippen molar-refractivity contribution in [3.63, 3.8) is 0 Å². The average Bonchev–Trinajstić information content (AvgIpc) is 2.48. The van der Waals surface area contributed by atoms with Crippen LogP contribution >= 0.6 is 0 Å². The van der Waals surface area contributed by atoms with Gasteiger partial charge in [-0.1, -0.05) is 13.8 Å². The van der Waals surface area contributed by atoms with Gasteiger partial charge >= 0.3 is 0 Å². The normalized spacial score (nSPS) is 15.1. The number of morpholine rings is 1. The summed E-state index contributed by atoms with van der Waals surface area (Å²) < 4.78 is 5.30. The van der Waals surface area contributed by atoms with Gasteiger partial charge < -0.3 is 15.0 Å². The molecule has 1 heterocycles. The van der Waals surface area contributed by atoms with E-state index in [9.17, 15) is 14.9 Å². The van der Waals surface area contributed by atoms with E-state index in [1.165, 1.54) is 12.1 Å². The molecule has 1 aliphatic rings. The van der Waals surface area contributed by atoms with Crippen LogP contribution in [0.2, 0.25) is 0 Å². The molecule has 1 fully saturated rings. The smallest absolute Gasteiger partial charge is 0.271 e. The summed E-state index contributed by atoms with van der Waals surface area (Å²) in [7, 11) is 0. The van der Waals surface area contributed by atoms with Gasteiger partial charge in [0, 0.05) is 31.1 Å². The van der Waals surface area contributed by atoms with Crippen LogP contribution in [-0.4, -0.2) is 37.1 Å². The van der Waals surface area contributed by atoms with Crippen LogP contribution in [0.3, 0.4) is 0 Å². The number of nitrogens with zero attached hydrogens (tertiary/aromatic N) is 2. The van der Waals surface area contributed by atoms with E-state index in [-0.39, 0.29) is 17.5 Å². The van der Waals surface area contributed by atoms with Crippen LogP contribution in [0, 0.1) is 16.0 Å². The van der Waals surface area contributed by atoms with Crippen LogP contribution in [0.25, 0.3) is 0 Å². The Bertz CT molecular complexity index is 539. The summed E-state index contributed by atoms with van der Waals surface area (Å²) in [4.78, 5) is 24.4. The Morgan fingerprint density at radius 2 is 2.05 bits per heavy atom. The lowest BCUT2D eigenvalue weighted by atomic mass is 10.1. The first-order valence-corrected chi connectivity index (χ1v) is 6.91. The quantitative estimate of drug-likeness (QED) is 0.678. The number of benzene rings is 1. The maximum Gasteiger partial charge on any atom is 0.271 e. The molecule has 0 unspecified atom stereocenters. The highest BCUT2D eigenvalue weighted by Gasteiger charge is 2.20. The first kappa shape index (κ1) is 15.2. The molecule has 0 aromatic heterocycles. The zero-order chi connectivity index (χ0) is 15.4. The molecular formula is C14H19N3O4. The first-order chi connectivity index (χ1) is 9.99. The molecule has 0 radical (unpaired) electrons. The highest BCUT2D eigenvalue weighted by molar-refractivity contribution is 5.95. The molecule has 1 aliphatic heterocycles. The van der Waals surface area contributed by atoms with Crippen molar-refractivity contribution in [1.82, 2.24) is 0 Å². The molecule has 0 aliphatic carbocycles. The molecule has 1 aromatic rings. The molecule has 1 N–H and O–H groups in total. The second kappa shape index (κ2) is 6.53. The van der Waals surface area contributed by atoms with E-state index in [1.54, 1.807) is 19.9 Å². The summed E-state index contributed by atoms with van der Waals surface area (Å²) in [5.74, 6) is -0.268. The Hall–Kier alpha value is -2.15. The number of non-ortho nitro benzene ring substituents is 1. The van der Waals surface area contributed by atoms with Crippen LogP contribution in [-0.2, 0) is 9.53 Å². The number of carbonyl (C=O) groups excluding carboxylic acids is 1. The van der Waals surface area contributed by atoms with Crippen LogP contribution in [0.15, 0.2) is 18.2 Å². The molecule has 1 aromatic carbocycles. The number of anilines is 2. The van der Waals surface area contributed by atoms with Gasteiger partial charge in [0.05, 0.1) is 29.5 Å². The van der Waals surface area contributed by atoms with E-state index in [0.29, 0.717) is 37.7 Å². The monoisotopic (exact) mass is 293 g/mol. The van der Waals surface area contributed by atoms with Crippen molar-refractivity contribution in [3.8, 4) is 0 Å². The maximum atomic E-state index is 11.9. The number of hydrogen-bond acceptors (Lipinski definition) is 5. The van der Waals surface area contributed by atoms with Crippen LogP contribution in [0.1, 0.15) is 13.8 Å². The number of nitro benzene ring substituents is 1. The number of ether oxygens (including phenoxy) is 1. The van der Waals surface area contributed by atoms with Crippen molar-refractivity contribution in [2.75, 3.05) is 36.5 Å². The van der Waals surface area contributed by atoms with E-state index in [0.717, 1.165) is 0 Å². The molecule has 114 valence electrons. The molecule has 21 heavy (non-hydrogen) atoms. The summed E-state index contributed by atoms with van der Waals surface area (Å²) in [6, 6.07) is 4.49. The highest BCUT2D eigenvalue weighted by Crippen LogP contribution is 2.31. The van der Waals surface area contributed by atoms with Gasteiger partial charge in [0.2, 0.25) is 5.91 Å². The van der Waals surface area contributed by atoms with E-state index in [4.69, 9.17) is 4.74 Å². The zero-order valence-electron chi connectivity index (χ0n) is 12.2. The molecule has 0 spiro atoms. The lowest BCUT2D eigenvalue weighted by Crippen LogP contribution is -2.37. The molecular weight excluding hydrogens is 274 g/mol. The fraction of sp³-hybridized carbons (Fsp3) is 0.500. The van der Waals surface area contributed by atoms with Gasteiger partial charge in [-0.2, -0.15) is 0 Å². The van der Waals surface area contributed by atoms with E-state index in [1.807, 2.05) is 4.90 Å². The standard InChI is InChI=1S/C14H19N3O4/c1-10(2)14(18)15-12-4-3-11(17(19)20)9-13(12)16-5-7-21-8-6-16/h3-4,9-10H,5-8H2,1-2H3,(H,15,18). The number of amides is 1. The molecule has 7 heteroatoms. The molecule has 0 bridgehead atoms. The number of hydrogen-bond donors (Lipinski definition) is 1. The molecule has 1 saturated heterocycles. The summed E-state index contributed by atoms with van der Waals surface area (Å²) in [6.07, 6.45) is 0. The summed E-state index contributed by atoms with van der Waals surface area (Å²) >= 11 is 0. The number of carbonyl (C=O) groups is 1. The Morgan fingerprint density at radius 1 is 1.38 bits per heavy atom. The third-order valence-corrected chi connectivity index (χ3v) is 3.33. The topological polar surface area (TPSA) is 84.7 Å². The SMILES string of the molecule is CC(C)C(=O)Nc1ccc([N+](=O)[O-])cc1N1CCOCC1. The highest BCUT2D eigenvalue weighted by atomic mass is 16.6. The number of nitro groups is 1. The lowest BCUT2D eigenvalue weighted by Gasteiger charge is -2.30. The van der Waals surface area contributed by atoms with Gasteiger partial charge in [-0.3, -0.25) is 14.9 Å². The number of nitrogens with one attached hydrogen (secondary N) is 1. The summed E-state index contributed by atoms with van der Waals surface area (Å²) in [6.45, 7) is 6.03. The van der Waals surface area contributed by atoms with E-state index >= 15 is 0 Å². The fourth-order valence-electron chi connectivity index (χ4n) is 2.08. The van der Waals surface area contributed by atoms with Gasteiger partial charge in [0.1, 0.15) is 0 Å². The summed E-state index contributed by atoms with van der Waals surface area (Å²) in [5.41, 5.74) is 1.28. The van der Waals surface area contributed by atoms with Crippen molar-refractivity contribution in [2.45, 2.75) is 13.8 Å². The van der Waals surface area contributed by atoms with Crippen LogP contribution < -0.4 is 10.2 Å². The Kier molecular flexibility index (Phi) is 4.74. The Morgan fingerprint density at radius 3 is 2.62 bits per heavy atom. The minimum atomic E-state index is -0.433. The average molecular weight is 293 g/mol. The largest absolute Gasteiger partial charge is 0.378 e. The minimum Gasteiger partial charge on any atom is -0.378 e. The zero-order valence-corrected chi connectivity index (χ0v) is 12.2. The van der Waals surface area contributed by atoms with Crippen molar-refractivity contribution < 1.29 is 14.5 Å². The maximum absolute atomic E-state index is 11.9. The van der Waals surface area contributed by atoms with Crippen molar-refractivity contribution in [1.29, 1.82) is 0 Å². The summed E-state index contributed by atoms with van der Waals surface area (Å²) in [5, 5.41) is 13.8. The lowest BCUT2D eigenvalue weighted by molar-refractivity contribution is -0.384. The Labute approximate surface area is 123 Å². The third-order valence-electron chi connectivity index (χ3n) is 3.33. The van der Waals surface area contributed by atoms with Crippen molar-refractivity contribution in [3.05, 3.63) is 28.3 Å². The predicted octanol–water partition coefficient (Wildman–Crippen LogP) is 2.03. The fourth-order valence-corrected chi connectivity index (χ4v) is 2.08. The van der Waals surface area contributed by atoms with Crippen molar-refractivity contribution in [2.24, 2.45) is 5.92 Å². The predicted molar refractivity (Wildman–Crippen MR) is 79.6 cm³/mol. The van der Waals surface area contributed by atoms with Gasteiger partial charge in [-0.15, -0.1) is 0 Å². The minimum absolute atomic E-state index is 0.0130. The van der Waals surface area contributed by atoms with Gasteiger partial charge in [0.25, 0.3) is 5.69 Å². The van der Waals surface area contributed by atoms with Gasteiger partial charge in [0.15, 0.2) is 0 Å². The third kappa shape index (κ3) is 3.69. The second-order valence-electron chi connectivity index (χ2n) is 5.20. The first-order valence-electron chi connectivity index (χ1n) is 6.91. The number of rotatable bonds is 4. The van der Waals surface area contributed by atoms with Crippen molar-refractivity contribution >= 4 is 23.0 Å². The van der Waals surface area contributed by atoms with Gasteiger partial charge in [-0.25, -0.2) is 0 Å². The Balaban J connectivity index is 2.33. The molecule has 2 rings (SSSR count).